The van der Waals surface area contributed by atoms with E-state index in [4.69, 9.17) is 16.3 Å². The summed E-state index contributed by atoms with van der Waals surface area (Å²) >= 11 is 6.12. The third kappa shape index (κ3) is 4.33. The molecule has 1 aliphatic rings. The third-order valence-electron chi connectivity index (χ3n) is 5.62. The van der Waals surface area contributed by atoms with Crippen molar-refractivity contribution in [1.29, 1.82) is 0 Å². The van der Waals surface area contributed by atoms with Crippen LogP contribution in [-0.2, 0) is 14.8 Å². The summed E-state index contributed by atoms with van der Waals surface area (Å²) in [5, 5.41) is 11.2. The fourth-order valence-corrected chi connectivity index (χ4v) is 5.65. The molecule has 1 atom stereocenters. The van der Waals surface area contributed by atoms with Gasteiger partial charge in [-0.1, -0.05) is 11.6 Å². The second-order valence-corrected chi connectivity index (χ2v) is 9.89. The average Bonchev–Trinajstić information content (AvgIpc) is 3.17. The van der Waals surface area contributed by atoms with E-state index in [1.807, 2.05) is 6.92 Å². The molecule has 1 fully saturated rings. The molecule has 2 heterocycles. The average molecular weight is 478 g/mol. The molecule has 1 unspecified atom stereocenters. The Labute approximate surface area is 191 Å². The lowest BCUT2D eigenvalue weighted by Crippen LogP contribution is -2.50. The van der Waals surface area contributed by atoms with Crippen molar-refractivity contribution >= 4 is 38.5 Å². The third-order valence-corrected chi connectivity index (χ3v) is 7.76. The van der Waals surface area contributed by atoms with E-state index < -0.39 is 22.0 Å². The van der Waals surface area contributed by atoms with E-state index >= 15 is 0 Å². The Balaban J connectivity index is 1.52. The highest BCUT2D eigenvalue weighted by Gasteiger charge is 2.35. The van der Waals surface area contributed by atoms with Gasteiger partial charge in [0.15, 0.2) is 0 Å². The first kappa shape index (κ1) is 22.6. The van der Waals surface area contributed by atoms with Crippen LogP contribution in [0.4, 0.5) is 0 Å². The fraction of sp³-hybridized carbons (Fsp3) is 0.318. The van der Waals surface area contributed by atoms with Gasteiger partial charge in [0.1, 0.15) is 11.8 Å². The second kappa shape index (κ2) is 9.11. The van der Waals surface area contributed by atoms with Crippen LogP contribution in [0.25, 0.3) is 10.9 Å². The summed E-state index contributed by atoms with van der Waals surface area (Å²) in [6.07, 6.45) is 1.68. The first-order valence-electron chi connectivity index (χ1n) is 10.3. The number of carboxylic acid groups (broad SMARTS) is 1. The van der Waals surface area contributed by atoms with Crippen LogP contribution in [0.5, 0.6) is 5.75 Å². The van der Waals surface area contributed by atoms with Crippen LogP contribution < -0.4 is 4.74 Å². The molecule has 0 aliphatic carbocycles. The minimum absolute atomic E-state index is 0.190. The lowest BCUT2D eigenvalue weighted by molar-refractivity contribution is -0.144. The molecule has 8 nitrogen and oxygen atoms in total. The first-order valence-corrected chi connectivity index (χ1v) is 12.1. The van der Waals surface area contributed by atoms with Crippen LogP contribution in [0.1, 0.15) is 18.5 Å². The van der Waals surface area contributed by atoms with Crippen molar-refractivity contribution in [3.8, 4) is 5.75 Å². The van der Waals surface area contributed by atoms with Gasteiger partial charge >= 0.3 is 5.97 Å². The van der Waals surface area contributed by atoms with Gasteiger partial charge in [-0.05, 0) is 49.4 Å². The number of benzene rings is 2. The largest absolute Gasteiger partial charge is 0.494 e. The van der Waals surface area contributed by atoms with Gasteiger partial charge in [0.2, 0.25) is 10.0 Å². The van der Waals surface area contributed by atoms with Crippen LogP contribution in [0, 0.1) is 0 Å². The zero-order valence-corrected chi connectivity index (χ0v) is 19.1. The number of aliphatic carboxylic acids is 1. The Bertz CT molecular complexity index is 1220. The van der Waals surface area contributed by atoms with E-state index in [0.717, 1.165) is 10.9 Å². The number of carboxylic acids is 1. The fourth-order valence-electron chi connectivity index (χ4n) is 4.05. The minimum Gasteiger partial charge on any atom is -0.494 e. The van der Waals surface area contributed by atoms with Gasteiger partial charge in [0, 0.05) is 53.9 Å². The number of piperazine rings is 1. The number of H-pyrrole nitrogens is 1. The maximum atomic E-state index is 13.0. The van der Waals surface area contributed by atoms with Crippen LogP contribution >= 0.6 is 11.6 Å². The SMILES string of the molecule is CCOc1ccc(S(=O)(=O)N2CCN(C(C(=O)O)c3c[nH]c4ccc(Cl)cc34)CC2)cc1. The topological polar surface area (TPSA) is 103 Å². The highest BCUT2D eigenvalue weighted by atomic mass is 35.5. The first-order chi connectivity index (χ1) is 15.3. The molecule has 1 aromatic heterocycles. The molecule has 32 heavy (non-hydrogen) atoms. The Morgan fingerprint density at radius 3 is 2.47 bits per heavy atom. The van der Waals surface area contributed by atoms with Crippen LogP contribution in [0.3, 0.4) is 0 Å². The second-order valence-electron chi connectivity index (χ2n) is 7.52. The van der Waals surface area contributed by atoms with Gasteiger partial charge in [-0.15, -0.1) is 0 Å². The highest BCUT2D eigenvalue weighted by Crippen LogP contribution is 2.32. The Morgan fingerprint density at radius 2 is 1.84 bits per heavy atom. The van der Waals surface area contributed by atoms with Crippen LogP contribution in [0.2, 0.25) is 5.02 Å². The Morgan fingerprint density at radius 1 is 1.16 bits per heavy atom. The summed E-state index contributed by atoms with van der Waals surface area (Å²) in [6, 6.07) is 10.7. The molecule has 10 heteroatoms. The van der Waals surface area contributed by atoms with Crippen molar-refractivity contribution < 1.29 is 23.1 Å². The predicted molar refractivity (Wildman–Crippen MR) is 122 cm³/mol. The van der Waals surface area contributed by atoms with E-state index in [2.05, 4.69) is 4.98 Å². The van der Waals surface area contributed by atoms with Crippen LogP contribution in [0.15, 0.2) is 53.6 Å². The molecule has 0 spiro atoms. The molecule has 3 aromatic rings. The summed E-state index contributed by atoms with van der Waals surface area (Å²) < 4.78 is 32.8. The molecule has 1 saturated heterocycles. The number of fused-ring (bicyclic) bond motifs is 1. The quantitative estimate of drug-likeness (QED) is 0.541. The number of hydrogen-bond donors (Lipinski definition) is 2. The van der Waals surface area contributed by atoms with Gasteiger partial charge in [0.25, 0.3) is 0 Å². The molecule has 0 saturated carbocycles. The number of aromatic amines is 1. The molecule has 0 amide bonds. The van der Waals surface area contributed by atoms with Crippen LogP contribution in [-0.4, -0.2) is 66.5 Å². The number of hydrogen-bond acceptors (Lipinski definition) is 5. The number of ether oxygens (including phenoxy) is 1. The number of nitrogens with one attached hydrogen (secondary N) is 1. The van der Waals surface area contributed by atoms with Gasteiger partial charge in [-0.2, -0.15) is 4.31 Å². The monoisotopic (exact) mass is 477 g/mol. The molecule has 1 aliphatic heterocycles. The number of halogens is 1. The molecular formula is C22H24ClN3O5S. The van der Waals surface area contributed by atoms with Crippen molar-refractivity contribution in [1.82, 2.24) is 14.2 Å². The number of sulfonamides is 1. The Hall–Kier alpha value is -2.59. The van der Waals surface area contributed by atoms with Gasteiger partial charge in [-0.3, -0.25) is 9.69 Å². The lowest BCUT2D eigenvalue weighted by Gasteiger charge is -2.37. The van der Waals surface area contributed by atoms with E-state index in [1.165, 1.54) is 16.4 Å². The van der Waals surface area contributed by atoms with Gasteiger partial charge in [-0.25, -0.2) is 8.42 Å². The lowest BCUT2D eigenvalue weighted by atomic mass is 10.0. The molecule has 2 aromatic carbocycles. The van der Waals surface area contributed by atoms with Crippen molar-refractivity contribution in [3.05, 3.63) is 59.2 Å². The molecular weight excluding hydrogens is 454 g/mol. The van der Waals surface area contributed by atoms with Gasteiger partial charge < -0.3 is 14.8 Å². The molecule has 0 bridgehead atoms. The van der Waals surface area contributed by atoms with Crippen molar-refractivity contribution in [2.75, 3.05) is 32.8 Å². The van der Waals surface area contributed by atoms with E-state index in [-0.39, 0.29) is 18.0 Å². The summed E-state index contributed by atoms with van der Waals surface area (Å²) in [4.78, 5) is 17.2. The molecule has 2 N–H and O–H groups in total. The van der Waals surface area contributed by atoms with Crippen molar-refractivity contribution in [2.24, 2.45) is 0 Å². The number of aromatic nitrogens is 1. The van der Waals surface area contributed by atoms with Crippen molar-refractivity contribution in [3.63, 3.8) is 0 Å². The maximum absolute atomic E-state index is 13.0. The number of rotatable bonds is 7. The molecule has 4 rings (SSSR count). The van der Waals surface area contributed by atoms with E-state index in [0.29, 0.717) is 36.0 Å². The molecule has 170 valence electrons. The highest BCUT2D eigenvalue weighted by molar-refractivity contribution is 7.89. The normalized spacial score (nSPS) is 16.8. The minimum atomic E-state index is -3.68. The number of carbonyl (C=O) groups is 1. The Kier molecular flexibility index (Phi) is 6.43. The predicted octanol–water partition coefficient (Wildman–Crippen LogP) is 3.35. The van der Waals surface area contributed by atoms with E-state index in [1.54, 1.807) is 41.4 Å². The van der Waals surface area contributed by atoms with Crippen molar-refractivity contribution in [2.45, 2.75) is 17.9 Å². The zero-order valence-electron chi connectivity index (χ0n) is 17.5. The summed E-state index contributed by atoms with van der Waals surface area (Å²) in [7, 11) is -3.68. The smallest absolute Gasteiger partial charge is 0.325 e. The van der Waals surface area contributed by atoms with E-state index in [9.17, 15) is 18.3 Å². The summed E-state index contributed by atoms with van der Waals surface area (Å²) in [5.74, 6) is -0.381. The molecule has 0 radical (unpaired) electrons. The van der Waals surface area contributed by atoms with Gasteiger partial charge in [0.05, 0.1) is 11.5 Å². The number of nitrogens with zero attached hydrogens (tertiary/aromatic N) is 2. The summed E-state index contributed by atoms with van der Waals surface area (Å²) in [6.45, 7) is 3.34. The standard InChI is InChI=1S/C22H24ClN3O5S/c1-2-31-16-4-6-17(7-5-16)32(29,30)26-11-9-25(10-12-26)21(22(27)28)19-14-24-20-8-3-15(23)13-18(19)20/h3-8,13-14,21,24H,2,9-12H2,1H3,(H,27,28). The maximum Gasteiger partial charge on any atom is 0.325 e. The zero-order chi connectivity index (χ0) is 22.9. The summed E-state index contributed by atoms with van der Waals surface area (Å²) in [5.41, 5.74) is 1.41.